The first-order valence-corrected chi connectivity index (χ1v) is 11.7. The second kappa shape index (κ2) is 10.1. The highest BCUT2D eigenvalue weighted by molar-refractivity contribution is 6.20. The summed E-state index contributed by atoms with van der Waals surface area (Å²) >= 11 is 0. The second-order valence-corrected chi connectivity index (χ2v) is 9.47. The molecule has 1 N–H and O–H groups in total. The van der Waals surface area contributed by atoms with Crippen molar-refractivity contribution in [3.05, 3.63) is 87.8 Å². The lowest BCUT2D eigenvalue weighted by Crippen LogP contribution is -2.40. The molecule has 7 nitrogen and oxygen atoms in total. The summed E-state index contributed by atoms with van der Waals surface area (Å²) in [5.74, 6) is -0.0393. The van der Waals surface area contributed by atoms with E-state index in [1.165, 1.54) is 4.90 Å². The summed E-state index contributed by atoms with van der Waals surface area (Å²) in [6, 6.07) is 14.4. The molecule has 0 unspecified atom stereocenters. The monoisotopic (exact) mass is 484 g/mol. The molecule has 36 heavy (non-hydrogen) atoms. The third-order valence-electron chi connectivity index (χ3n) is 6.68. The number of ketones is 1. The van der Waals surface area contributed by atoms with Gasteiger partial charge in [0.25, 0.3) is 5.91 Å². The van der Waals surface area contributed by atoms with Crippen LogP contribution in [-0.2, 0) is 26.2 Å². The van der Waals surface area contributed by atoms with Crippen LogP contribution >= 0.6 is 0 Å². The van der Waals surface area contributed by atoms with Crippen molar-refractivity contribution in [2.24, 2.45) is 0 Å². The molecular weight excluding hydrogens is 455 g/mol. The van der Waals surface area contributed by atoms with Crippen molar-refractivity contribution in [3.63, 3.8) is 0 Å². The lowest BCUT2D eigenvalue weighted by molar-refractivity contribution is -0.140. The van der Waals surface area contributed by atoms with E-state index in [-0.39, 0.29) is 31.1 Å². The van der Waals surface area contributed by atoms with E-state index in [1.807, 2.05) is 24.3 Å². The first kappa shape index (κ1) is 25.3. The van der Waals surface area contributed by atoms with Gasteiger partial charge in [-0.1, -0.05) is 30.3 Å². The Labute approximate surface area is 212 Å². The molecule has 2 aliphatic rings. The summed E-state index contributed by atoms with van der Waals surface area (Å²) in [6.07, 6.45) is 0.740. The van der Waals surface area contributed by atoms with Crippen LogP contribution in [0.4, 0.5) is 0 Å². The third kappa shape index (κ3) is 4.94. The van der Waals surface area contributed by atoms with Crippen molar-refractivity contribution >= 4 is 25.5 Å². The average Bonchev–Trinajstić information content (AvgIpc) is 2.86. The predicted octanol–water partition coefficient (Wildman–Crippen LogP) is 3.39. The van der Waals surface area contributed by atoms with E-state index in [0.717, 1.165) is 16.8 Å². The SMILES string of the molecule is [B][C@@]1(c2ccccc2OC)CC(=O)C2=C(C1)NC(C)=C(C(=O)OCc1ccc(C(=O)N(C)C)cc1)C2. The molecule has 2 aromatic rings. The minimum Gasteiger partial charge on any atom is -0.496 e. The largest absolute Gasteiger partial charge is 0.496 e. The maximum Gasteiger partial charge on any atom is 0.336 e. The molecule has 8 heteroatoms. The quantitative estimate of drug-likeness (QED) is 0.500. The molecule has 0 bridgehead atoms. The van der Waals surface area contributed by atoms with Gasteiger partial charge in [0.05, 0.1) is 20.5 Å². The summed E-state index contributed by atoms with van der Waals surface area (Å²) in [4.78, 5) is 39.6. The molecule has 4 rings (SSSR count). The van der Waals surface area contributed by atoms with Gasteiger partial charge in [0.1, 0.15) is 12.4 Å². The Bertz CT molecular complexity index is 1280. The summed E-state index contributed by atoms with van der Waals surface area (Å²) in [5.41, 5.74) is 4.46. The highest BCUT2D eigenvalue weighted by atomic mass is 16.5. The molecule has 0 fully saturated rings. The van der Waals surface area contributed by atoms with Gasteiger partial charge in [-0.3, -0.25) is 9.59 Å². The highest BCUT2D eigenvalue weighted by Crippen LogP contribution is 2.43. The molecular formula is C28H29BN2O5. The number of rotatable bonds is 6. The van der Waals surface area contributed by atoms with Crippen LogP contribution in [0.1, 0.15) is 47.7 Å². The van der Waals surface area contributed by atoms with E-state index in [1.54, 1.807) is 52.4 Å². The first-order chi connectivity index (χ1) is 17.1. The molecule has 1 aliphatic heterocycles. The van der Waals surface area contributed by atoms with E-state index in [0.29, 0.717) is 34.6 Å². The van der Waals surface area contributed by atoms with Crippen LogP contribution < -0.4 is 10.1 Å². The lowest BCUT2D eigenvalue weighted by atomic mass is 9.55. The van der Waals surface area contributed by atoms with E-state index in [9.17, 15) is 14.4 Å². The number of Topliss-reactive ketones (excluding diaryl/α,β-unsaturated/α-hetero) is 1. The van der Waals surface area contributed by atoms with E-state index in [4.69, 9.17) is 17.3 Å². The minimum atomic E-state index is -0.909. The van der Waals surface area contributed by atoms with Gasteiger partial charge < -0.3 is 19.7 Å². The van der Waals surface area contributed by atoms with Crippen molar-refractivity contribution < 1.29 is 23.9 Å². The molecule has 0 saturated heterocycles. The van der Waals surface area contributed by atoms with Gasteiger partial charge in [-0.25, -0.2) is 4.79 Å². The zero-order valence-electron chi connectivity index (χ0n) is 21.0. The Morgan fingerprint density at radius 1 is 1.08 bits per heavy atom. The number of benzene rings is 2. The van der Waals surface area contributed by atoms with Crippen molar-refractivity contribution in [2.75, 3.05) is 21.2 Å². The molecule has 184 valence electrons. The fourth-order valence-electron chi connectivity index (χ4n) is 4.69. The molecule has 0 spiro atoms. The summed E-state index contributed by atoms with van der Waals surface area (Å²) in [5, 5.41) is 2.34. The third-order valence-corrected chi connectivity index (χ3v) is 6.68. The molecule has 2 radical (unpaired) electrons. The number of allylic oxidation sites excluding steroid dienone is 3. The van der Waals surface area contributed by atoms with Gasteiger partial charge in [0.2, 0.25) is 0 Å². The van der Waals surface area contributed by atoms with Gasteiger partial charge in [-0.15, -0.1) is 0 Å². The minimum absolute atomic E-state index is 0.0611. The number of methoxy groups -OCH3 is 1. The average molecular weight is 484 g/mol. The van der Waals surface area contributed by atoms with Crippen molar-refractivity contribution in [3.8, 4) is 5.75 Å². The molecule has 0 aromatic heterocycles. The fraction of sp³-hybridized carbons (Fsp3) is 0.321. The summed E-state index contributed by atoms with van der Waals surface area (Å²) < 4.78 is 11.0. The number of amides is 1. The van der Waals surface area contributed by atoms with E-state index in [2.05, 4.69) is 5.32 Å². The van der Waals surface area contributed by atoms with Crippen LogP contribution in [0.3, 0.4) is 0 Å². The summed E-state index contributed by atoms with van der Waals surface area (Å²) in [6.45, 7) is 1.86. The van der Waals surface area contributed by atoms with Crippen molar-refractivity contribution in [2.45, 2.75) is 38.1 Å². The van der Waals surface area contributed by atoms with Crippen LogP contribution in [-0.4, -0.2) is 51.6 Å². The Morgan fingerprint density at radius 3 is 2.44 bits per heavy atom. The number of nitrogens with zero attached hydrogens (tertiary/aromatic N) is 1. The number of dihydropyridines is 1. The maximum atomic E-state index is 13.2. The van der Waals surface area contributed by atoms with Crippen LogP contribution in [0.25, 0.3) is 0 Å². The number of carbonyl (C=O) groups is 3. The smallest absolute Gasteiger partial charge is 0.336 e. The zero-order chi connectivity index (χ0) is 26.0. The number of para-hydroxylation sites is 1. The van der Waals surface area contributed by atoms with Crippen LogP contribution in [0, 0.1) is 0 Å². The Hall–Kier alpha value is -3.81. The van der Waals surface area contributed by atoms with E-state index >= 15 is 0 Å². The van der Waals surface area contributed by atoms with Crippen LogP contribution in [0.2, 0.25) is 0 Å². The standard InChI is InChI=1S/C28H29BN2O5/c1-17-20(27(34)36-16-18-9-11-19(12-10-18)26(33)31(2)3)13-21-23(30-17)14-28(29,15-24(21)32)22-7-5-6-8-25(22)35-4/h5-12,30H,13-16H2,1-4H3/t28-/m1/s1. The number of ether oxygens (including phenoxy) is 2. The molecule has 1 aliphatic carbocycles. The Kier molecular flexibility index (Phi) is 7.06. The fourth-order valence-corrected chi connectivity index (χ4v) is 4.69. The lowest BCUT2D eigenvalue weighted by Gasteiger charge is -2.39. The first-order valence-electron chi connectivity index (χ1n) is 11.7. The van der Waals surface area contributed by atoms with Crippen LogP contribution in [0.15, 0.2) is 71.1 Å². The molecule has 2 aromatic carbocycles. The number of esters is 1. The molecule has 1 heterocycles. The van der Waals surface area contributed by atoms with Crippen LogP contribution in [0.5, 0.6) is 5.75 Å². The van der Waals surface area contributed by atoms with Gasteiger partial charge in [0.15, 0.2) is 5.78 Å². The van der Waals surface area contributed by atoms with Gasteiger partial charge in [0, 0.05) is 49.5 Å². The normalized spacial score (nSPS) is 19.4. The number of hydrogen-bond acceptors (Lipinski definition) is 6. The molecule has 1 amide bonds. The highest BCUT2D eigenvalue weighted by Gasteiger charge is 2.41. The number of hydrogen-bond donors (Lipinski definition) is 1. The van der Waals surface area contributed by atoms with Gasteiger partial charge in [-0.2, -0.15) is 0 Å². The Morgan fingerprint density at radius 2 is 1.78 bits per heavy atom. The predicted molar refractivity (Wildman–Crippen MR) is 136 cm³/mol. The number of carbonyl (C=O) groups excluding carboxylic acids is 3. The maximum absolute atomic E-state index is 13.2. The summed E-state index contributed by atoms with van der Waals surface area (Å²) in [7, 11) is 11.7. The zero-order valence-corrected chi connectivity index (χ0v) is 21.0. The topological polar surface area (TPSA) is 84.9 Å². The second-order valence-electron chi connectivity index (χ2n) is 9.47. The van der Waals surface area contributed by atoms with Gasteiger partial charge >= 0.3 is 5.97 Å². The molecule has 0 saturated carbocycles. The Balaban J connectivity index is 1.45. The van der Waals surface area contributed by atoms with Crippen molar-refractivity contribution in [1.29, 1.82) is 0 Å². The van der Waals surface area contributed by atoms with E-state index < -0.39 is 11.3 Å². The molecule has 1 atom stereocenters. The van der Waals surface area contributed by atoms with Crippen molar-refractivity contribution in [1.82, 2.24) is 10.2 Å². The van der Waals surface area contributed by atoms with Gasteiger partial charge in [-0.05, 0) is 48.0 Å². The number of nitrogens with one attached hydrogen (secondary N) is 1.